The van der Waals surface area contributed by atoms with Crippen molar-refractivity contribution in [2.24, 2.45) is 0 Å². The first-order chi connectivity index (χ1) is 11.6. The van der Waals surface area contributed by atoms with Gasteiger partial charge in [-0.05, 0) is 17.7 Å². The van der Waals surface area contributed by atoms with E-state index in [1.54, 1.807) is 7.11 Å². The van der Waals surface area contributed by atoms with Crippen molar-refractivity contribution in [2.45, 2.75) is 5.92 Å². The summed E-state index contributed by atoms with van der Waals surface area (Å²) in [5, 5.41) is 3.07. The lowest BCUT2D eigenvalue weighted by atomic mass is 9.83. The summed E-state index contributed by atoms with van der Waals surface area (Å²) in [7, 11) is 1.59. The van der Waals surface area contributed by atoms with Gasteiger partial charge in [-0.3, -0.25) is 14.6 Å². The van der Waals surface area contributed by atoms with Gasteiger partial charge < -0.3 is 15.8 Å². The predicted molar refractivity (Wildman–Crippen MR) is 92.2 cm³/mol. The van der Waals surface area contributed by atoms with Gasteiger partial charge in [-0.15, -0.1) is 0 Å². The number of nitrogens with one attached hydrogen (secondary N) is 2. The Labute approximate surface area is 141 Å². The number of carbonyl (C=O) groups is 1. The lowest BCUT2D eigenvalue weighted by Crippen LogP contribution is -2.29. The molecule has 4 rings (SSSR count). The first-order valence-electron chi connectivity index (χ1n) is 7.29. The number of nitrogens with zero attached hydrogens (tertiary/aromatic N) is 1. The lowest BCUT2D eigenvalue weighted by molar-refractivity contribution is -0.107. The van der Waals surface area contributed by atoms with Crippen molar-refractivity contribution in [3.63, 3.8) is 0 Å². The molecule has 0 aliphatic carbocycles. The number of rotatable bonds is 2. The van der Waals surface area contributed by atoms with Gasteiger partial charge in [0.2, 0.25) is 11.1 Å². The van der Waals surface area contributed by atoms with Crippen LogP contribution in [0.15, 0.2) is 40.3 Å². The second-order valence-electron chi connectivity index (χ2n) is 5.51. The van der Waals surface area contributed by atoms with Crippen LogP contribution in [0.4, 0.5) is 11.8 Å². The fraction of sp³-hybridized carbons (Fsp3) is 0.188. The van der Waals surface area contributed by atoms with Gasteiger partial charge in [0.25, 0.3) is 5.56 Å². The van der Waals surface area contributed by atoms with E-state index < -0.39 is 5.92 Å². The van der Waals surface area contributed by atoms with Gasteiger partial charge >= 0.3 is 0 Å². The van der Waals surface area contributed by atoms with Crippen LogP contribution < -0.4 is 21.3 Å². The standard InChI is InChI=1S/C16H14N4O3S/c1-23-8-4-2-7(3-5-8)10-11-9(6-24-15(11)22)18-13-12(10)14(21)20-16(17)19-13/h2-5,10H,6H2,1H3,(H4,17,18,19,20,21). The second kappa shape index (κ2) is 5.41. The van der Waals surface area contributed by atoms with E-state index in [2.05, 4.69) is 15.3 Å². The van der Waals surface area contributed by atoms with E-state index in [1.807, 2.05) is 24.3 Å². The van der Waals surface area contributed by atoms with Gasteiger partial charge in [-0.1, -0.05) is 23.9 Å². The molecule has 2 aliphatic heterocycles. The molecule has 0 saturated heterocycles. The number of hydrogen-bond donors (Lipinski definition) is 3. The van der Waals surface area contributed by atoms with Crippen LogP contribution >= 0.6 is 11.8 Å². The Kier molecular flexibility index (Phi) is 3.34. The molecule has 1 aromatic carbocycles. The Morgan fingerprint density at radius 2 is 2.04 bits per heavy atom. The molecule has 0 saturated carbocycles. The molecule has 0 radical (unpaired) electrons. The number of benzene rings is 1. The number of thioether (sulfide) groups is 1. The average molecular weight is 342 g/mol. The number of nitrogens with two attached hydrogens (primary N) is 1. The first kappa shape index (κ1) is 14.8. The minimum Gasteiger partial charge on any atom is -0.497 e. The van der Waals surface area contributed by atoms with Crippen molar-refractivity contribution >= 4 is 28.6 Å². The van der Waals surface area contributed by atoms with Gasteiger partial charge in [0.05, 0.1) is 12.7 Å². The van der Waals surface area contributed by atoms with Crippen molar-refractivity contribution < 1.29 is 9.53 Å². The van der Waals surface area contributed by atoms with Crippen LogP contribution in [0.2, 0.25) is 0 Å². The smallest absolute Gasteiger partial charge is 0.258 e. The number of H-pyrrole nitrogens is 1. The highest BCUT2D eigenvalue weighted by molar-refractivity contribution is 8.14. The molecule has 8 heteroatoms. The monoisotopic (exact) mass is 342 g/mol. The Morgan fingerprint density at radius 1 is 1.29 bits per heavy atom. The van der Waals surface area contributed by atoms with Gasteiger partial charge in [-0.25, -0.2) is 0 Å². The molecule has 24 heavy (non-hydrogen) atoms. The summed E-state index contributed by atoms with van der Waals surface area (Å²) in [5.74, 6) is 1.22. The molecule has 3 heterocycles. The SMILES string of the molecule is COc1ccc(C2C3=C(CSC3=O)Nc3nc(N)[nH]c(=O)c32)cc1. The summed E-state index contributed by atoms with van der Waals surface area (Å²) in [6.07, 6.45) is 0. The molecule has 0 fully saturated rings. The number of aromatic nitrogens is 2. The number of nitrogen functional groups attached to an aromatic ring is 1. The lowest BCUT2D eigenvalue weighted by Gasteiger charge is -2.26. The molecule has 1 aromatic heterocycles. The van der Waals surface area contributed by atoms with Crippen LogP contribution in [-0.4, -0.2) is 27.9 Å². The highest BCUT2D eigenvalue weighted by Crippen LogP contribution is 2.45. The minimum atomic E-state index is -0.471. The maximum atomic E-state index is 12.5. The average Bonchev–Trinajstić information content (AvgIpc) is 2.94. The van der Waals surface area contributed by atoms with Gasteiger partial charge in [0.15, 0.2) is 0 Å². The number of methoxy groups -OCH3 is 1. The van der Waals surface area contributed by atoms with Crippen LogP contribution in [-0.2, 0) is 4.79 Å². The summed E-state index contributed by atoms with van der Waals surface area (Å²) in [6, 6.07) is 7.33. The van der Waals surface area contributed by atoms with E-state index >= 15 is 0 Å². The van der Waals surface area contributed by atoms with E-state index in [0.29, 0.717) is 28.5 Å². The van der Waals surface area contributed by atoms with Crippen LogP contribution in [0.3, 0.4) is 0 Å². The molecular formula is C16H14N4O3S. The Hall–Kier alpha value is -2.74. The largest absolute Gasteiger partial charge is 0.497 e. The van der Waals surface area contributed by atoms with E-state index in [-0.39, 0.29) is 16.6 Å². The number of ether oxygens (including phenoxy) is 1. The number of hydrogen-bond acceptors (Lipinski definition) is 7. The Bertz CT molecular complexity index is 933. The third-order valence-corrected chi connectivity index (χ3v) is 5.08. The minimum absolute atomic E-state index is 0.0276. The Balaban J connectivity index is 1.95. The predicted octanol–water partition coefficient (Wildman–Crippen LogP) is 1.45. The van der Waals surface area contributed by atoms with Crippen LogP contribution in [0.5, 0.6) is 5.75 Å². The fourth-order valence-electron chi connectivity index (χ4n) is 3.09. The second-order valence-corrected chi connectivity index (χ2v) is 6.46. The third-order valence-electron chi connectivity index (χ3n) is 4.16. The van der Waals surface area contributed by atoms with E-state index in [0.717, 1.165) is 11.3 Å². The topological polar surface area (TPSA) is 110 Å². The summed E-state index contributed by atoms with van der Waals surface area (Å²) in [6.45, 7) is 0. The normalized spacial score (nSPS) is 18.9. The molecule has 2 aliphatic rings. The number of fused-ring (bicyclic) bond motifs is 1. The van der Waals surface area contributed by atoms with Crippen molar-refractivity contribution in [1.82, 2.24) is 9.97 Å². The number of aromatic amines is 1. The molecule has 0 spiro atoms. The summed E-state index contributed by atoms with van der Waals surface area (Å²) in [4.78, 5) is 31.6. The molecule has 0 amide bonds. The van der Waals surface area contributed by atoms with Crippen LogP contribution in [0.1, 0.15) is 17.0 Å². The quantitative estimate of drug-likeness (QED) is 0.757. The van der Waals surface area contributed by atoms with E-state index in [9.17, 15) is 9.59 Å². The Morgan fingerprint density at radius 3 is 2.75 bits per heavy atom. The summed E-state index contributed by atoms with van der Waals surface area (Å²) >= 11 is 1.22. The van der Waals surface area contributed by atoms with Crippen molar-refractivity contribution in [3.05, 3.63) is 57.0 Å². The van der Waals surface area contributed by atoms with Crippen molar-refractivity contribution in [2.75, 3.05) is 23.9 Å². The molecule has 1 unspecified atom stereocenters. The zero-order chi connectivity index (χ0) is 16.8. The molecular weight excluding hydrogens is 328 g/mol. The third kappa shape index (κ3) is 2.18. The zero-order valence-electron chi connectivity index (χ0n) is 12.8. The van der Waals surface area contributed by atoms with Gasteiger partial charge in [0, 0.05) is 22.9 Å². The molecule has 0 bridgehead atoms. The molecule has 7 nitrogen and oxygen atoms in total. The van der Waals surface area contributed by atoms with Crippen molar-refractivity contribution in [1.29, 1.82) is 0 Å². The highest BCUT2D eigenvalue weighted by atomic mass is 32.2. The van der Waals surface area contributed by atoms with E-state index in [1.165, 1.54) is 11.8 Å². The summed E-state index contributed by atoms with van der Waals surface area (Å²) in [5.41, 5.74) is 7.95. The fourth-order valence-corrected chi connectivity index (χ4v) is 3.99. The van der Waals surface area contributed by atoms with Crippen LogP contribution in [0.25, 0.3) is 0 Å². The molecule has 122 valence electrons. The number of anilines is 2. The van der Waals surface area contributed by atoms with Crippen LogP contribution in [0, 0.1) is 0 Å². The summed E-state index contributed by atoms with van der Waals surface area (Å²) < 4.78 is 5.18. The number of carbonyl (C=O) groups excluding carboxylic acids is 1. The molecule has 2 aromatic rings. The van der Waals surface area contributed by atoms with Gasteiger partial charge in [0.1, 0.15) is 11.6 Å². The molecule has 1 atom stereocenters. The maximum Gasteiger partial charge on any atom is 0.258 e. The van der Waals surface area contributed by atoms with Gasteiger partial charge in [-0.2, -0.15) is 4.98 Å². The van der Waals surface area contributed by atoms with Crippen molar-refractivity contribution in [3.8, 4) is 5.75 Å². The zero-order valence-corrected chi connectivity index (χ0v) is 13.6. The molecule has 4 N–H and O–H groups in total. The highest BCUT2D eigenvalue weighted by Gasteiger charge is 2.39. The first-order valence-corrected chi connectivity index (χ1v) is 8.28. The maximum absolute atomic E-state index is 12.5. The van der Waals surface area contributed by atoms with E-state index in [4.69, 9.17) is 10.5 Å².